The molecule has 1 aliphatic rings. The lowest BCUT2D eigenvalue weighted by atomic mass is 10.0. The molecule has 17 heavy (non-hydrogen) atoms. The van der Waals surface area contributed by atoms with Crippen molar-refractivity contribution in [3.63, 3.8) is 0 Å². The molecule has 1 heterocycles. The molecule has 1 aliphatic heterocycles. The molecule has 0 radical (unpaired) electrons. The molecule has 0 aliphatic carbocycles. The minimum Gasteiger partial charge on any atom is -0.369 e. The molecule has 0 atom stereocenters. The van der Waals surface area contributed by atoms with Gasteiger partial charge in [-0.25, -0.2) is 0 Å². The first kappa shape index (κ1) is 12.9. The number of nitrogens with zero attached hydrogens (tertiary/aromatic N) is 1. The Morgan fingerprint density at radius 3 is 2.88 bits per heavy atom. The number of nitrogens with one attached hydrogen (secondary N) is 1. The predicted molar refractivity (Wildman–Crippen MR) is 77.8 cm³/mol. The van der Waals surface area contributed by atoms with Crippen LogP contribution in [-0.4, -0.2) is 25.2 Å². The fourth-order valence-electron chi connectivity index (χ4n) is 2.45. The van der Waals surface area contributed by atoms with Gasteiger partial charge >= 0.3 is 0 Å². The zero-order valence-electron chi connectivity index (χ0n) is 10.9. The molecule has 0 amide bonds. The van der Waals surface area contributed by atoms with Crippen molar-refractivity contribution < 1.29 is 0 Å². The molecule has 2 rings (SSSR count). The second-order valence-electron chi connectivity index (χ2n) is 5.47. The van der Waals surface area contributed by atoms with Gasteiger partial charge in [0.2, 0.25) is 0 Å². The van der Waals surface area contributed by atoms with Crippen molar-refractivity contribution in [2.24, 2.45) is 0 Å². The highest BCUT2D eigenvalue weighted by Crippen LogP contribution is 2.28. The number of rotatable bonds is 1. The van der Waals surface area contributed by atoms with E-state index in [0.717, 1.165) is 19.6 Å². The van der Waals surface area contributed by atoms with Crippen LogP contribution in [-0.2, 0) is 0 Å². The van der Waals surface area contributed by atoms with E-state index in [4.69, 9.17) is 0 Å². The molecule has 1 N–H and O–H groups in total. The van der Waals surface area contributed by atoms with E-state index in [0.29, 0.717) is 0 Å². The Bertz CT molecular complexity index is 401. The van der Waals surface area contributed by atoms with E-state index < -0.39 is 0 Å². The summed E-state index contributed by atoms with van der Waals surface area (Å²) in [6, 6.07) is 6.46. The fourth-order valence-corrected chi connectivity index (χ4v) is 2.81. The lowest BCUT2D eigenvalue weighted by Crippen LogP contribution is -2.46. The molecule has 1 saturated heterocycles. The van der Waals surface area contributed by atoms with Gasteiger partial charge in [0.15, 0.2) is 0 Å². The summed E-state index contributed by atoms with van der Waals surface area (Å²) in [5, 5.41) is 3.60. The van der Waals surface area contributed by atoms with E-state index in [1.54, 1.807) is 0 Å². The van der Waals surface area contributed by atoms with Crippen LogP contribution in [0.15, 0.2) is 22.7 Å². The van der Waals surface area contributed by atoms with Crippen molar-refractivity contribution in [1.29, 1.82) is 0 Å². The third kappa shape index (κ3) is 3.02. The minimum atomic E-state index is 0.186. The first-order chi connectivity index (χ1) is 7.99. The van der Waals surface area contributed by atoms with Crippen molar-refractivity contribution >= 4 is 21.6 Å². The number of hydrogen-bond acceptors (Lipinski definition) is 2. The van der Waals surface area contributed by atoms with Crippen LogP contribution in [0, 0.1) is 6.92 Å². The number of anilines is 1. The lowest BCUT2D eigenvalue weighted by Gasteiger charge is -2.32. The van der Waals surface area contributed by atoms with Crippen molar-refractivity contribution in [3.8, 4) is 0 Å². The smallest absolute Gasteiger partial charge is 0.0407 e. The Morgan fingerprint density at radius 2 is 2.12 bits per heavy atom. The van der Waals surface area contributed by atoms with Crippen molar-refractivity contribution in [3.05, 3.63) is 28.2 Å². The van der Waals surface area contributed by atoms with E-state index in [2.05, 4.69) is 65.1 Å². The third-order valence-corrected chi connectivity index (χ3v) is 4.23. The summed E-state index contributed by atoms with van der Waals surface area (Å²) in [7, 11) is 0. The van der Waals surface area contributed by atoms with Gasteiger partial charge in [-0.3, -0.25) is 0 Å². The van der Waals surface area contributed by atoms with Crippen LogP contribution in [0.5, 0.6) is 0 Å². The van der Waals surface area contributed by atoms with Gasteiger partial charge in [0, 0.05) is 28.8 Å². The van der Waals surface area contributed by atoms with Gasteiger partial charge in [0.05, 0.1) is 0 Å². The summed E-state index contributed by atoms with van der Waals surface area (Å²) in [4.78, 5) is 2.50. The highest BCUT2D eigenvalue weighted by atomic mass is 79.9. The number of halogens is 1. The standard InChI is InChI=1S/C14H21BrN2/c1-11-12(15)6-4-7-13(11)17-9-5-8-16-14(2,3)10-17/h4,6-7,16H,5,8-10H2,1-3H3. The summed E-state index contributed by atoms with van der Waals surface area (Å²) >= 11 is 3.62. The maximum absolute atomic E-state index is 3.62. The Morgan fingerprint density at radius 1 is 1.35 bits per heavy atom. The van der Waals surface area contributed by atoms with E-state index in [-0.39, 0.29) is 5.54 Å². The first-order valence-corrected chi connectivity index (χ1v) is 7.04. The molecule has 1 fully saturated rings. The average Bonchev–Trinajstić information content (AvgIpc) is 2.43. The maximum atomic E-state index is 3.62. The van der Waals surface area contributed by atoms with Gasteiger partial charge in [-0.1, -0.05) is 22.0 Å². The molecule has 2 nitrogen and oxygen atoms in total. The maximum Gasteiger partial charge on any atom is 0.0407 e. The van der Waals surface area contributed by atoms with Gasteiger partial charge in [0.25, 0.3) is 0 Å². The Kier molecular flexibility index (Phi) is 3.79. The van der Waals surface area contributed by atoms with Crippen molar-refractivity contribution in [2.45, 2.75) is 32.7 Å². The number of hydrogen-bond donors (Lipinski definition) is 1. The molecule has 0 bridgehead atoms. The molecule has 0 unspecified atom stereocenters. The van der Waals surface area contributed by atoms with Gasteiger partial charge in [-0.05, 0) is 51.4 Å². The van der Waals surface area contributed by atoms with Gasteiger partial charge in [0.1, 0.15) is 0 Å². The molecule has 94 valence electrons. The predicted octanol–water partition coefficient (Wildman–Crippen LogP) is 3.34. The Hall–Kier alpha value is -0.540. The SMILES string of the molecule is Cc1c(Br)cccc1N1CCCNC(C)(C)C1. The second kappa shape index (κ2) is 4.99. The average molecular weight is 297 g/mol. The van der Waals surface area contributed by atoms with Gasteiger partial charge in [-0.2, -0.15) is 0 Å². The van der Waals surface area contributed by atoms with Gasteiger partial charge in [-0.15, -0.1) is 0 Å². The molecule has 1 aromatic carbocycles. The highest BCUT2D eigenvalue weighted by Gasteiger charge is 2.24. The van der Waals surface area contributed by atoms with Crippen LogP contribution in [0.4, 0.5) is 5.69 Å². The Balaban J connectivity index is 2.29. The van der Waals surface area contributed by atoms with Crippen molar-refractivity contribution in [2.75, 3.05) is 24.5 Å². The largest absolute Gasteiger partial charge is 0.369 e. The first-order valence-electron chi connectivity index (χ1n) is 6.25. The summed E-state index contributed by atoms with van der Waals surface area (Å²) in [5.74, 6) is 0. The van der Waals surface area contributed by atoms with Crippen LogP contribution in [0.1, 0.15) is 25.8 Å². The summed E-state index contributed by atoms with van der Waals surface area (Å²) < 4.78 is 1.20. The molecule has 0 saturated carbocycles. The van der Waals surface area contributed by atoms with E-state index in [1.165, 1.54) is 22.1 Å². The zero-order valence-corrected chi connectivity index (χ0v) is 12.5. The molecule has 0 aromatic heterocycles. The van der Waals surface area contributed by atoms with Crippen LogP contribution < -0.4 is 10.2 Å². The van der Waals surface area contributed by atoms with Crippen LogP contribution in [0.25, 0.3) is 0 Å². The topological polar surface area (TPSA) is 15.3 Å². The summed E-state index contributed by atoms with van der Waals surface area (Å²) in [6.07, 6.45) is 1.20. The van der Waals surface area contributed by atoms with E-state index in [1.807, 2.05) is 0 Å². The quantitative estimate of drug-likeness (QED) is 0.855. The highest BCUT2D eigenvalue weighted by molar-refractivity contribution is 9.10. The molecule has 3 heteroatoms. The van der Waals surface area contributed by atoms with E-state index in [9.17, 15) is 0 Å². The molecular formula is C14H21BrN2. The third-order valence-electron chi connectivity index (χ3n) is 3.37. The zero-order chi connectivity index (χ0) is 12.5. The molecular weight excluding hydrogens is 276 g/mol. The minimum absolute atomic E-state index is 0.186. The summed E-state index contributed by atoms with van der Waals surface area (Å²) in [6.45, 7) is 10.0. The molecule has 0 spiro atoms. The summed E-state index contributed by atoms with van der Waals surface area (Å²) in [5.41, 5.74) is 2.88. The van der Waals surface area contributed by atoms with Crippen LogP contribution >= 0.6 is 15.9 Å². The second-order valence-corrected chi connectivity index (χ2v) is 6.32. The molecule has 1 aromatic rings. The normalized spacial score (nSPS) is 20.1. The monoisotopic (exact) mass is 296 g/mol. The van der Waals surface area contributed by atoms with Gasteiger partial charge < -0.3 is 10.2 Å². The lowest BCUT2D eigenvalue weighted by molar-refractivity contribution is 0.416. The van der Waals surface area contributed by atoms with Crippen molar-refractivity contribution in [1.82, 2.24) is 5.32 Å². The van der Waals surface area contributed by atoms with E-state index >= 15 is 0 Å². The Labute approximate surface area is 113 Å². The fraction of sp³-hybridized carbons (Fsp3) is 0.571. The number of benzene rings is 1. The van der Waals surface area contributed by atoms with Crippen LogP contribution in [0.2, 0.25) is 0 Å². The van der Waals surface area contributed by atoms with Crippen LogP contribution in [0.3, 0.4) is 0 Å².